The zero-order valence-corrected chi connectivity index (χ0v) is 15.2. The molecule has 150 valence electrons. The van der Waals surface area contributed by atoms with Gasteiger partial charge >= 0.3 is 6.18 Å². The molecule has 2 aromatic rings. The second-order valence-electron chi connectivity index (χ2n) is 7.23. The Bertz CT molecular complexity index is 917. The Hall–Kier alpha value is -2.72. The van der Waals surface area contributed by atoms with E-state index >= 15 is 0 Å². The average Bonchev–Trinajstić information content (AvgIpc) is 3.19. The van der Waals surface area contributed by atoms with Crippen molar-refractivity contribution in [2.45, 2.75) is 63.7 Å². The molecule has 2 fully saturated rings. The number of carbonyl (C=O) groups is 2. The molecule has 1 aliphatic heterocycles. The number of nitrogens with one attached hydrogen (secondary N) is 1. The van der Waals surface area contributed by atoms with Gasteiger partial charge in [-0.3, -0.25) is 14.5 Å². The fourth-order valence-electron chi connectivity index (χ4n) is 3.90. The quantitative estimate of drug-likeness (QED) is 0.801. The summed E-state index contributed by atoms with van der Waals surface area (Å²) in [4.78, 5) is 32.7. The molecule has 0 unspecified atom stereocenters. The molecular weight excluding hydrogens is 377 g/mol. The molecule has 0 atom stereocenters. The van der Waals surface area contributed by atoms with Crippen molar-refractivity contribution >= 4 is 23.4 Å². The van der Waals surface area contributed by atoms with E-state index in [9.17, 15) is 22.8 Å². The Balaban J connectivity index is 1.49. The summed E-state index contributed by atoms with van der Waals surface area (Å²) in [6, 6.07) is 1.53. The van der Waals surface area contributed by atoms with Gasteiger partial charge < -0.3 is 5.32 Å². The van der Waals surface area contributed by atoms with Gasteiger partial charge in [-0.2, -0.15) is 22.7 Å². The first-order valence-electron chi connectivity index (χ1n) is 9.15. The topological polar surface area (TPSA) is 92.5 Å². The molecule has 8 nitrogen and oxygen atoms in total. The van der Waals surface area contributed by atoms with E-state index in [1.165, 1.54) is 4.90 Å². The highest BCUT2D eigenvalue weighted by Crippen LogP contribution is 2.30. The first kappa shape index (κ1) is 18.6. The number of likely N-dealkylation sites (tertiary alicyclic amines) is 1. The first-order valence-corrected chi connectivity index (χ1v) is 9.15. The van der Waals surface area contributed by atoms with Crippen molar-refractivity contribution in [2.24, 2.45) is 0 Å². The molecule has 2 amide bonds. The molecule has 28 heavy (non-hydrogen) atoms. The fraction of sp³-hybridized carbons (Fsp3) is 0.588. The second-order valence-corrected chi connectivity index (χ2v) is 7.23. The van der Waals surface area contributed by atoms with Crippen LogP contribution >= 0.6 is 0 Å². The number of alkyl halides is 3. The van der Waals surface area contributed by atoms with Crippen LogP contribution in [-0.4, -0.2) is 48.4 Å². The van der Waals surface area contributed by atoms with E-state index in [0.717, 1.165) is 4.52 Å². The molecule has 0 aromatic carbocycles. The van der Waals surface area contributed by atoms with Crippen LogP contribution in [0.1, 0.15) is 50.0 Å². The lowest BCUT2D eigenvalue weighted by Gasteiger charge is -2.34. The van der Waals surface area contributed by atoms with Gasteiger partial charge in [0.05, 0.1) is 0 Å². The summed E-state index contributed by atoms with van der Waals surface area (Å²) in [5, 5.41) is 6.77. The van der Waals surface area contributed by atoms with Crippen LogP contribution in [-0.2, 0) is 15.8 Å². The number of hydrogen-bond acceptors (Lipinski definition) is 6. The third-order valence-electron chi connectivity index (χ3n) is 5.20. The summed E-state index contributed by atoms with van der Waals surface area (Å²) in [6.07, 6.45) is -1.40. The molecule has 0 radical (unpaired) electrons. The zero-order valence-electron chi connectivity index (χ0n) is 15.2. The van der Waals surface area contributed by atoms with Crippen LogP contribution in [0.3, 0.4) is 0 Å². The maximum Gasteiger partial charge on any atom is 0.453 e. The number of fused-ring (bicyclic) bond motifs is 1. The van der Waals surface area contributed by atoms with Gasteiger partial charge in [0, 0.05) is 36.7 Å². The molecule has 1 aliphatic carbocycles. The number of anilines is 1. The number of imide groups is 1. The van der Waals surface area contributed by atoms with Gasteiger partial charge in [-0.05, 0) is 32.6 Å². The Labute approximate surface area is 158 Å². The predicted octanol–water partition coefficient (Wildman–Crippen LogP) is 2.32. The van der Waals surface area contributed by atoms with Crippen LogP contribution < -0.4 is 5.32 Å². The lowest BCUT2D eigenvalue weighted by Crippen LogP contribution is -2.43. The number of carbonyl (C=O) groups excluding carboxylic acids is 2. The van der Waals surface area contributed by atoms with Crippen LogP contribution in [0.5, 0.6) is 0 Å². The number of halogens is 3. The first-order chi connectivity index (χ1) is 13.2. The lowest BCUT2D eigenvalue weighted by atomic mass is 9.90. The second kappa shape index (κ2) is 6.71. The third-order valence-corrected chi connectivity index (χ3v) is 5.20. The van der Waals surface area contributed by atoms with E-state index < -0.39 is 12.0 Å². The van der Waals surface area contributed by atoms with Crippen molar-refractivity contribution < 1.29 is 22.8 Å². The van der Waals surface area contributed by atoms with Gasteiger partial charge in [-0.25, -0.2) is 4.98 Å². The average molecular weight is 396 g/mol. The standard InChI is InChI=1S/C17H19F3N6O2/c1-9-8-12(26-16(21-9)23-15(24-26)17(18,19)20)22-10-2-4-11(5-3-10)25-13(27)6-7-14(25)28/h8,10-11,22H,2-7H2,1H3. The molecule has 11 heteroatoms. The van der Waals surface area contributed by atoms with Gasteiger partial charge in [0.2, 0.25) is 11.8 Å². The van der Waals surface area contributed by atoms with Crippen molar-refractivity contribution in [2.75, 3.05) is 5.32 Å². The number of amides is 2. The van der Waals surface area contributed by atoms with Crippen LogP contribution in [0.4, 0.5) is 19.0 Å². The monoisotopic (exact) mass is 396 g/mol. The van der Waals surface area contributed by atoms with Crippen LogP contribution in [0.15, 0.2) is 6.07 Å². The molecule has 0 bridgehead atoms. The van der Waals surface area contributed by atoms with Crippen molar-refractivity contribution in [3.05, 3.63) is 17.6 Å². The number of aryl methyl sites for hydroxylation is 1. The highest BCUT2D eigenvalue weighted by molar-refractivity contribution is 6.02. The van der Waals surface area contributed by atoms with Crippen molar-refractivity contribution in [1.29, 1.82) is 0 Å². The minimum Gasteiger partial charge on any atom is -0.367 e. The van der Waals surface area contributed by atoms with E-state index in [1.54, 1.807) is 13.0 Å². The van der Waals surface area contributed by atoms with Gasteiger partial charge in [-0.15, -0.1) is 5.10 Å². The maximum absolute atomic E-state index is 12.9. The zero-order chi connectivity index (χ0) is 20.1. The smallest absolute Gasteiger partial charge is 0.367 e. The van der Waals surface area contributed by atoms with E-state index in [0.29, 0.717) is 37.2 Å². The van der Waals surface area contributed by atoms with Crippen LogP contribution in [0.2, 0.25) is 0 Å². The number of aromatic nitrogens is 4. The summed E-state index contributed by atoms with van der Waals surface area (Å²) in [7, 11) is 0. The number of nitrogens with zero attached hydrogens (tertiary/aromatic N) is 5. The summed E-state index contributed by atoms with van der Waals surface area (Å²) >= 11 is 0. The lowest BCUT2D eigenvalue weighted by molar-refractivity contribution is -0.145. The normalized spacial score (nSPS) is 23.6. The maximum atomic E-state index is 12.9. The molecular formula is C17H19F3N6O2. The molecule has 1 saturated carbocycles. The van der Waals surface area contributed by atoms with Gasteiger partial charge in [0.15, 0.2) is 0 Å². The van der Waals surface area contributed by atoms with Crippen molar-refractivity contribution in [3.8, 4) is 0 Å². The number of hydrogen-bond donors (Lipinski definition) is 1. The highest BCUT2D eigenvalue weighted by atomic mass is 19.4. The van der Waals surface area contributed by atoms with Crippen molar-refractivity contribution in [1.82, 2.24) is 24.5 Å². The van der Waals surface area contributed by atoms with Crippen molar-refractivity contribution in [3.63, 3.8) is 0 Å². The summed E-state index contributed by atoms with van der Waals surface area (Å²) in [6.45, 7) is 1.68. The summed E-state index contributed by atoms with van der Waals surface area (Å²) in [5.41, 5.74) is 0.526. The summed E-state index contributed by atoms with van der Waals surface area (Å²) < 4.78 is 39.8. The molecule has 4 rings (SSSR count). The van der Waals surface area contributed by atoms with E-state index in [1.807, 2.05) is 0 Å². The molecule has 2 aliphatic rings. The van der Waals surface area contributed by atoms with E-state index in [2.05, 4.69) is 20.4 Å². The van der Waals surface area contributed by atoms with Gasteiger partial charge in [0.1, 0.15) is 5.82 Å². The SMILES string of the molecule is Cc1cc(NC2CCC(N3C(=O)CCC3=O)CC2)n2nc(C(F)(F)F)nc2n1. The van der Waals surface area contributed by atoms with E-state index in [4.69, 9.17) is 0 Å². The molecule has 3 heterocycles. The van der Waals surface area contributed by atoms with E-state index in [-0.39, 0.29) is 42.5 Å². The Morgan fingerprint density at radius 1 is 1.07 bits per heavy atom. The van der Waals surface area contributed by atoms with Gasteiger partial charge in [0.25, 0.3) is 11.6 Å². The molecule has 1 N–H and O–H groups in total. The number of rotatable bonds is 3. The molecule has 2 aromatic heterocycles. The largest absolute Gasteiger partial charge is 0.453 e. The Kier molecular flexibility index (Phi) is 4.47. The van der Waals surface area contributed by atoms with Gasteiger partial charge in [-0.1, -0.05) is 0 Å². The minimum absolute atomic E-state index is 0.00686. The van der Waals surface area contributed by atoms with Crippen LogP contribution in [0.25, 0.3) is 5.78 Å². The highest BCUT2D eigenvalue weighted by Gasteiger charge is 2.38. The Morgan fingerprint density at radius 3 is 2.32 bits per heavy atom. The fourth-order valence-corrected chi connectivity index (χ4v) is 3.90. The summed E-state index contributed by atoms with van der Waals surface area (Å²) in [5.74, 6) is -1.19. The minimum atomic E-state index is -4.65. The molecule has 0 spiro atoms. The Morgan fingerprint density at radius 2 is 1.71 bits per heavy atom. The third kappa shape index (κ3) is 3.40. The van der Waals surface area contributed by atoms with Crippen LogP contribution in [0, 0.1) is 6.92 Å². The predicted molar refractivity (Wildman–Crippen MR) is 91.3 cm³/mol. The molecule has 1 saturated heterocycles.